The minimum atomic E-state index is -0.435. The van der Waals surface area contributed by atoms with E-state index in [0.717, 1.165) is 16.3 Å². The highest BCUT2D eigenvalue weighted by atomic mass is 16.3. The second kappa shape index (κ2) is 5.87. The summed E-state index contributed by atoms with van der Waals surface area (Å²) in [4.78, 5) is 0. The first-order chi connectivity index (χ1) is 16.6. The maximum atomic E-state index is 11.3. The molecule has 34 heavy (non-hydrogen) atoms. The van der Waals surface area contributed by atoms with Crippen molar-refractivity contribution in [3.05, 3.63) is 124 Å². The molecule has 0 amide bonds. The minimum Gasteiger partial charge on any atom is -0.507 e. The molecule has 0 fully saturated rings. The first-order valence-corrected chi connectivity index (χ1v) is 11.9. The Morgan fingerprint density at radius 1 is 0.559 bits per heavy atom. The number of phenols is 1. The van der Waals surface area contributed by atoms with E-state index >= 15 is 0 Å². The number of phenolic OH excluding ortho intramolecular Hbond substituents is 1. The molecule has 2 aliphatic rings. The van der Waals surface area contributed by atoms with Crippen molar-refractivity contribution < 1.29 is 5.11 Å². The lowest BCUT2D eigenvalue weighted by Crippen LogP contribution is -2.26. The van der Waals surface area contributed by atoms with Crippen LogP contribution in [-0.4, -0.2) is 5.11 Å². The minimum absolute atomic E-state index is 0.358. The van der Waals surface area contributed by atoms with Gasteiger partial charge in [0.25, 0.3) is 0 Å². The van der Waals surface area contributed by atoms with Gasteiger partial charge in [0.05, 0.1) is 5.41 Å². The zero-order valence-corrected chi connectivity index (χ0v) is 19.1. The van der Waals surface area contributed by atoms with Gasteiger partial charge in [0.2, 0.25) is 0 Å². The number of benzene rings is 6. The molecule has 0 radical (unpaired) electrons. The van der Waals surface area contributed by atoms with E-state index in [2.05, 4.69) is 105 Å². The van der Waals surface area contributed by atoms with Crippen LogP contribution in [0.5, 0.6) is 5.75 Å². The molecule has 0 saturated heterocycles. The topological polar surface area (TPSA) is 20.2 Å². The summed E-state index contributed by atoms with van der Waals surface area (Å²) in [7, 11) is 0. The first-order valence-electron chi connectivity index (χ1n) is 11.9. The van der Waals surface area contributed by atoms with Gasteiger partial charge in [-0.15, -0.1) is 0 Å². The maximum absolute atomic E-state index is 11.3. The predicted molar refractivity (Wildman–Crippen MR) is 141 cm³/mol. The number of aryl methyl sites for hydroxylation is 2. The molecule has 0 aromatic heterocycles. The Morgan fingerprint density at radius 2 is 1.21 bits per heavy atom. The molecule has 1 spiro atoms. The molecule has 6 aromatic rings. The van der Waals surface area contributed by atoms with Crippen LogP contribution in [0.4, 0.5) is 0 Å². The van der Waals surface area contributed by atoms with Crippen LogP contribution < -0.4 is 0 Å². The molecule has 0 atom stereocenters. The molecule has 0 saturated carbocycles. The predicted octanol–water partition coefficient (Wildman–Crippen LogP) is 8.15. The summed E-state index contributed by atoms with van der Waals surface area (Å²) in [5.41, 5.74) is 9.68. The SMILES string of the molecule is Cc1ccc2c(c1)C1(c3cc(O)c4cc(C)ccc4c3-2)c2cccc3ccc4cccc1c4c23. The lowest BCUT2D eigenvalue weighted by Gasteiger charge is -2.31. The zero-order chi connectivity index (χ0) is 22.8. The highest BCUT2D eigenvalue weighted by Crippen LogP contribution is 2.64. The summed E-state index contributed by atoms with van der Waals surface area (Å²) < 4.78 is 0. The molecule has 0 bridgehead atoms. The van der Waals surface area contributed by atoms with E-state index in [-0.39, 0.29) is 0 Å². The third-order valence-electron chi connectivity index (χ3n) is 8.22. The standard InChI is InChI=1S/C33H22O/c1-18-9-13-22-24(15-18)29(34)17-28-32(22)23-14-10-19(2)16-27(23)33(28)25-7-3-5-20-11-12-21-6-4-8-26(33)31(21)30(20)25/h3-17,34H,1-2H3. The van der Waals surface area contributed by atoms with Gasteiger partial charge in [-0.2, -0.15) is 0 Å². The maximum Gasteiger partial charge on any atom is 0.123 e. The highest BCUT2D eigenvalue weighted by Gasteiger charge is 2.51. The van der Waals surface area contributed by atoms with Gasteiger partial charge in [-0.3, -0.25) is 0 Å². The van der Waals surface area contributed by atoms with Gasteiger partial charge in [-0.1, -0.05) is 90.0 Å². The monoisotopic (exact) mass is 434 g/mol. The first kappa shape index (κ1) is 18.3. The van der Waals surface area contributed by atoms with E-state index < -0.39 is 5.41 Å². The normalized spacial score (nSPS) is 14.5. The Morgan fingerprint density at radius 3 is 1.91 bits per heavy atom. The number of fused-ring (bicyclic) bond motifs is 9. The smallest absolute Gasteiger partial charge is 0.123 e. The lowest BCUT2D eigenvalue weighted by molar-refractivity contribution is 0.480. The van der Waals surface area contributed by atoms with Crippen molar-refractivity contribution in [2.45, 2.75) is 19.3 Å². The molecule has 2 aliphatic carbocycles. The number of rotatable bonds is 0. The average molecular weight is 435 g/mol. The molecular formula is C33H22O. The van der Waals surface area contributed by atoms with Crippen LogP contribution in [0, 0.1) is 13.8 Å². The molecule has 6 aromatic carbocycles. The molecule has 160 valence electrons. The van der Waals surface area contributed by atoms with Gasteiger partial charge in [-0.25, -0.2) is 0 Å². The average Bonchev–Trinajstić information content (AvgIpc) is 3.30. The van der Waals surface area contributed by atoms with Gasteiger partial charge in [0.15, 0.2) is 0 Å². The van der Waals surface area contributed by atoms with Gasteiger partial charge >= 0.3 is 0 Å². The summed E-state index contributed by atoms with van der Waals surface area (Å²) in [6.07, 6.45) is 0. The van der Waals surface area contributed by atoms with Crippen LogP contribution in [0.3, 0.4) is 0 Å². The second-order valence-corrected chi connectivity index (χ2v) is 10.0. The van der Waals surface area contributed by atoms with Gasteiger partial charge in [-0.05, 0) is 86.3 Å². The van der Waals surface area contributed by atoms with Gasteiger partial charge in [0, 0.05) is 5.39 Å². The summed E-state index contributed by atoms with van der Waals surface area (Å²) in [5.74, 6) is 0.358. The third-order valence-corrected chi connectivity index (χ3v) is 8.22. The van der Waals surface area contributed by atoms with E-state index in [9.17, 15) is 5.11 Å². The van der Waals surface area contributed by atoms with E-state index in [1.54, 1.807) is 0 Å². The molecular weight excluding hydrogens is 412 g/mol. The Labute approximate surface area is 197 Å². The third kappa shape index (κ3) is 1.91. The Bertz CT molecular complexity index is 1830. The van der Waals surface area contributed by atoms with Crippen molar-refractivity contribution in [2.75, 3.05) is 0 Å². The van der Waals surface area contributed by atoms with Crippen molar-refractivity contribution in [3.63, 3.8) is 0 Å². The van der Waals surface area contributed by atoms with E-state index in [1.807, 2.05) is 0 Å². The molecule has 0 heterocycles. The van der Waals surface area contributed by atoms with E-state index in [4.69, 9.17) is 0 Å². The Hall–Kier alpha value is -4.10. The summed E-state index contributed by atoms with van der Waals surface area (Å²) >= 11 is 0. The van der Waals surface area contributed by atoms with Crippen LogP contribution in [0.25, 0.3) is 43.4 Å². The van der Waals surface area contributed by atoms with Crippen LogP contribution >= 0.6 is 0 Å². The van der Waals surface area contributed by atoms with E-state index in [1.165, 1.54) is 60.5 Å². The van der Waals surface area contributed by atoms with Gasteiger partial charge in [0.1, 0.15) is 5.75 Å². The highest BCUT2D eigenvalue weighted by molar-refractivity contribution is 6.18. The van der Waals surface area contributed by atoms with Crippen LogP contribution in [0.2, 0.25) is 0 Å². The van der Waals surface area contributed by atoms with Gasteiger partial charge < -0.3 is 5.11 Å². The van der Waals surface area contributed by atoms with Crippen molar-refractivity contribution >= 4 is 32.3 Å². The molecule has 8 rings (SSSR count). The number of hydrogen-bond donors (Lipinski definition) is 1. The van der Waals surface area contributed by atoms with Crippen molar-refractivity contribution in [1.82, 2.24) is 0 Å². The largest absolute Gasteiger partial charge is 0.507 e. The summed E-state index contributed by atoms with van der Waals surface area (Å²) in [6.45, 7) is 4.26. The molecule has 0 aliphatic heterocycles. The fraction of sp³-hybridized carbons (Fsp3) is 0.0909. The molecule has 1 nitrogen and oxygen atoms in total. The summed E-state index contributed by atoms with van der Waals surface area (Å²) in [5, 5.41) is 18.6. The van der Waals surface area contributed by atoms with Crippen LogP contribution in [-0.2, 0) is 5.41 Å². The zero-order valence-electron chi connectivity index (χ0n) is 19.1. The van der Waals surface area contributed by atoms with E-state index in [0.29, 0.717) is 5.75 Å². The summed E-state index contributed by atoms with van der Waals surface area (Å²) in [6, 6.07) is 33.3. The quantitative estimate of drug-likeness (QED) is 0.239. The van der Waals surface area contributed by atoms with Crippen molar-refractivity contribution in [3.8, 4) is 16.9 Å². The fourth-order valence-electron chi connectivity index (χ4n) is 6.94. The van der Waals surface area contributed by atoms with Crippen LogP contribution in [0.1, 0.15) is 33.4 Å². The van der Waals surface area contributed by atoms with Crippen LogP contribution in [0.15, 0.2) is 91.0 Å². The Kier molecular flexibility index (Phi) is 3.17. The second-order valence-electron chi connectivity index (χ2n) is 10.0. The molecule has 1 N–H and O–H groups in total. The molecule has 1 heteroatoms. The van der Waals surface area contributed by atoms with Crippen molar-refractivity contribution in [1.29, 1.82) is 0 Å². The molecule has 0 unspecified atom stereocenters. The lowest BCUT2D eigenvalue weighted by atomic mass is 9.69. The fourth-order valence-corrected chi connectivity index (χ4v) is 6.94. The van der Waals surface area contributed by atoms with Crippen molar-refractivity contribution in [2.24, 2.45) is 0 Å². The number of aromatic hydroxyl groups is 1. The number of hydrogen-bond acceptors (Lipinski definition) is 1. The Balaban J connectivity index is 1.68.